The van der Waals surface area contributed by atoms with Crippen LogP contribution in [-0.4, -0.2) is 23.9 Å². The molecule has 2 heteroatoms. The predicted octanol–water partition coefficient (Wildman–Crippen LogP) is 3.99. The lowest BCUT2D eigenvalue weighted by Crippen LogP contribution is -2.22. The minimum atomic E-state index is -0.0631. The van der Waals surface area contributed by atoms with Crippen molar-refractivity contribution >= 4 is 0 Å². The van der Waals surface area contributed by atoms with Crippen LogP contribution in [0.25, 0.3) is 0 Å². The number of benzene rings is 1. The highest BCUT2D eigenvalue weighted by molar-refractivity contribution is 5.28. The van der Waals surface area contributed by atoms with Crippen LogP contribution < -0.4 is 0 Å². The van der Waals surface area contributed by atoms with Gasteiger partial charge in [-0.15, -0.1) is 0 Å². The first kappa shape index (κ1) is 14.1. The van der Waals surface area contributed by atoms with Gasteiger partial charge in [0.05, 0.1) is 18.8 Å². The molecule has 2 atom stereocenters. The summed E-state index contributed by atoms with van der Waals surface area (Å²) in [5, 5.41) is 9.60. The van der Waals surface area contributed by atoms with Crippen molar-refractivity contribution in [2.75, 3.05) is 6.61 Å². The Morgan fingerprint density at radius 2 is 1.40 bits per heavy atom. The molecule has 1 N–H and O–H groups in total. The molecule has 2 nitrogen and oxygen atoms in total. The molecular formula is C18H26O2. The molecule has 2 fully saturated rings. The van der Waals surface area contributed by atoms with E-state index in [0.717, 1.165) is 32.3 Å². The first-order chi connectivity index (χ1) is 9.72. The lowest BCUT2D eigenvalue weighted by molar-refractivity contribution is 0.0155. The molecule has 0 spiro atoms. The van der Waals surface area contributed by atoms with E-state index in [4.69, 9.17) is 4.74 Å². The van der Waals surface area contributed by atoms with E-state index in [9.17, 15) is 5.11 Å². The summed E-state index contributed by atoms with van der Waals surface area (Å²) in [5.74, 6) is 1.23. The standard InChI is InChI=1S/C18H26O2/c1-13-2-3-17(12-20-13)16-6-4-14(5-7-16)15-8-10-18(19)11-9-15/h4-7,13,15,17-19H,2-3,8-12H2,1H3. The second-order valence-corrected chi connectivity index (χ2v) is 6.59. The van der Waals surface area contributed by atoms with Crippen molar-refractivity contribution in [3.63, 3.8) is 0 Å². The summed E-state index contributed by atoms with van der Waals surface area (Å²) in [5.41, 5.74) is 2.88. The van der Waals surface area contributed by atoms with Crippen LogP contribution in [0.3, 0.4) is 0 Å². The Morgan fingerprint density at radius 3 is 1.95 bits per heavy atom. The van der Waals surface area contributed by atoms with E-state index in [0.29, 0.717) is 17.9 Å². The average molecular weight is 274 g/mol. The maximum absolute atomic E-state index is 9.60. The van der Waals surface area contributed by atoms with Gasteiger partial charge in [0.15, 0.2) is 0 Å². The van der Waals surface area contributed by atoms with Gasteiger partial charge in [-0.3, -0.25) is 0 Å². The van der Waals surface area contributed by atoms with Crippen LogP contribution in [0.5, 0.6) is 0 Å². The van der Waals surface area contributed by atoms with E-state index in [2.05, 4.69) is 31.2 Å². The third-order valence-corrected chi connectivity index (χ3v) is 5.08. The highest BCUT2D eigenvalue weighted by atomic mass is 16.5. The summed E-state index contributed by atoms with van der Waals surface area (Å²) in [7, 11) is 0. The van der Waals surface area contributed by atoms with Gasteiger partial charge in [0.25, 0.3) is 0 Å². The van der Waals surface area contributed by atoms with Crippen molar-refractivity contribution in [3.8, 4) is 0 Å². The van der Waals surface area contributed by atoms with Gasteiger partial charge in [-0.2, -0.15) is 0 Å². The molecule has 1 aliphatic heterocycles. The SMILES string of the molecule is CC1CCC(c2ccc(C3CCC(O)CC3)cc2)CO1. The average Bonchev–Trinajstić information content (AvgIpc) is 2.49. The van der Waals surface area contributed by atoms with Crippen LogP contribution in [-0.2, 0) is 4.74 Å². The fourth-order valence-corrected chi connectivity index (χ4v) is 3.60. The molecule has 0 amide bonds. The summed E-state index contributed by atoms with van der Waals surface area (Å²) >= 11 is 0. The van der Waals surface area contributed by atoms with E-state index in [1.165, 1.54) is 24.0 Å². The summed E-state index contributed by atoms with van der Waals surface area (Å²) < 4.78 is 5.78. The number of aliphatic hydroxyl groups is 1. The lowest BCUT2D eigenvalue weighted by atomic mass is 9.82. The third kappa shape index (κ3) is 3.24. The van der Waals surface area contributed by atoms with Crippen LogP contribution in [0, 0.1) is 0 Å². The Labute approximate surface area is 122 Å². The molecule has 1 saturated heterocycles. The molecule has 3 rings (SSSR count). The molecule has 0 radical (unpaired) electrons. The van der Waals surface area contributed by atoms with Crippen molar-refractivity contribution in [2.24, 2.45) is 0 Å². The molecular weight excluding hydrogens is 248 g/mol. The number of rotatable bonds is 2. The minimum absolute atomic E-state index is 0.0631. The Balaban J connectivity index is 1.62. The minimum Gasteiger partial charge on any atom is -0.393 e. The van der Waals surface area contributed by atoms with Gasteiger partial charge in [0.1, 0.15) is 0 Å². The Morgan fingerprint density at radius 1 is 0.850 bits per heavy atom. The number of ether oxygens (including phenoxy) is 1. The molecule has 2 aliphatic rings. The predicted molar refractivity (Wildman–Crippen MR) is 81.0 cm³/mol. The van der Waals surface area contributed by atoms with Crippen molar-refractivity contribution in [3.05, 3.63) is 35.4 Å². The zero-order valence-electron chi connectivity index (χ0n) is 12.4. The van der Waals surface area contributed by atoms with Crippen molar-refractivity contribution in [1.82, 2.24) is 0 Å². The molecule has 1 saturated carbocycles. The molecule has 20 heavy (non-hydrogen) atoms. The van der Waals surface area contributed by atoms with E-state index in [-0.39, 0.29) is 6.10 Å². The number of hydrogen-bond acceptors (Lipinski definition) is 2. The maximum Gasteiger partial charge on any atom is 0.0547 e. The smallest absolute Gasteiger partial charge is 0.0547 e. The normalized spacial score (nSPS) is 34.9. The van der Waals surface area contributed by atoms with Gasteiger partial charge in [0.2, 0.25) is 0 Å². The molecule has 1 aromatic carbocycles. The maximum atomic E-state index is 9.60. The van der Waals surface area contributed by atoms with Crippen molar-refractivity contribution in [2.45, 2.75) is 69.5 Å². The molecule has 110 valence electrons. The topological polar surface area (TPSA) is 29.5 Å². The van der Waals surface area contributed by atoms with Crippen LogP contribution in [0.1, 0.15) is 68.4 Å². The van der Waals surface area contributed by atoms with Crippen LogP contribution in [0.15, 0.2) is 24.3 Å². The first-order valence-electron chi connectivity index (χ1n) is 8.12. The zero-order chi connectivity index (χ0) is 13.9. The Bertz CT molecular complexity index is 369. The van der Waals surface area contributed by atoms with Gasteiger partial charge < -0.3 is 9.84 Å². The Hall–Kier alpha value is -0.860. The highest BCUT2D eigenvalue weighted by Crippen LogP contribution is 2.34. The summed E-state index contributed by atoms with van der Waals surface area (Å²) in [6.07, 6.45) is 6.96. The van der Waals surface area contributed by atoms with Crippen LogP contribution in [0.4, 0.5) is 0 Å². The second kappa shape index (κ2) is 6.28. The molecule has 1 heterocycles. The fourth-order valence-electron chi connectivity index (χ4n) is 3.60. The lowest BCUT2D eigenvalue weighted by Gasteiger charge is -2.28. The molecule has 2 unspecified atom stereocenters. The summed E-state index contributed by atoms with van der Waals surface area (Å²) in [4.78, 5) is 0. The van der Waals surface area contributed by atoms with E-state index in [1.54, 1.807) is 0 Å². The highest BCUT2D eigenvalue weighted by Gasteiger charge is 2.22. The molecule has 0 aromatic heterocycles. The van der Waals surface area contributed by atoms with Gasteiger partial charge in [-0.25, -0.2) is 0 Å². The summed E-state index contributed by atoms with van der Waals surface area (Å²) in [6.45, 7) is 3.03. The molecule has 1 aliphatic carbocycles. The van der Waals surface area contributed by atoms with Gasteiger partial charge >= 0.3 is 0 Å². The second-order valence-electron chi connectivity index (χ2n) is 6.59. The molecule has 0 bridgehead atoms. The van der Waals surface area contributed by atoms with Gasteiger partial charge in [-0.1, -0.05) is 24.3 Å². The summed E-state index contributed by atoms with van der Waals surface area (Å²) in [6, 6.07) is 9.19. The largest absolute Gasteiger partial charge is 0.393 e. The molecule has 1 aromatic rings. The zero-order valence-corrected chi connectivity index (χ0v) is 12.4. The van der Waals surface area contributed by atoms with Crippen molar-refractivity contribution < 1.29 is 9.84 Å². The van der Waals surface area contributed by atoms with E-state index >= 15 is 0 Å². The Kier molecular flexibility index (Phi) is 4.42. The van der Waals surface area contributed by atoms with Gasteiger partial charge in [-0.05, 0) is 62.5 Å². The first-order valence-corrected chi connectivity index (χ1v) is 8.12. The van der Waals surface area contributed by atoms with Crippen molar-refractivity contribution in [1.29, 1.82) is 0 Å². The third-order valence-electron chi connectivity index (χ3n) is 5.08. The van der Waals surface area contributed by atoms with Gasteiger partial charge in [0, 0.05) is 5.92 Å². The quantitative estimate of drug-likeness (QED) is 0.883. The number of aliphatic hydroxyl groups excluding tert-OH is 1. The van der Waals surface area contributed by atoms with E-state index < -0.39 is 0 Å². The monoisotopic (exact) mass is 274 g/mol. The fraction of sp³-hybridized carbons (Fsp3) is 0.667. The van der Waals surface area contributed by atoms with Crippen LogP contribution >= 0.6 is 0 Å². The van der Waals surface area contributed by atoms with Crippen LogP contribution in [0.2, 0.25) is 0 Å². The van der Waals surface area contributed by atoms with E-state index in [1.807, 2.05) is 0 Å². The number of hydrogen-bond donors (Lipinski definition) is 1.